The number of rotatable bonds is 5. The van der Waals surface area contributed by atoms with E-state index in [1.807, 2.05) is 0 Å². The number of carbonyl (C=O) groups is 1. The summed E-state index contributed by atoms with van der Waals surface area (Å²) < 4.78 is 22.9. The van der Waals surface area contributed by atoms with E-state index in [-0.39, 0.29) is 17.2 Å². The minimum Gasteiger partial charge on any atom is -0.466 e. The van der Waals surface area contributed by atoms with Gasteiger partial charge in [-0.05, 0) is 29.8 Å². The Morgan fingerprint density at radius 3 is 2.70 bits per heavy atom. The second-order valence-electron chi connectivity index (χ2n) is 4.40. The van der Waals surface area contributed by atoms with E-state index < -0.39 is 16.7 Å². The van der Waals surface area contributed by atoms with Crippen molar-refractivity contribution < 1.29 is 23.6 Å². The summed E-state index contributed by atoms with van der Waals surface area (Å²) in [6.07, 6.45) is 2.52. The van der Waals surface area contributed by atoms with Gasteiger partial charge in [-0.2, -0.15) is 0 Å². The molecule has 0 unspecified atom stereocenters. The lowest BCUT2D eigenvalue weighted by Crippen LogP contribution is -1.95. The molecule has 118 valence electrons. The van der Waals surface area contributed by atoms with Gasteiger partial charge in [-0.3, -0.25) is 10.1 Å². The zero-order valence-electron chi connectivity index (χ0n) is 12.1. The summed E-state index contributed by atoms with van der Waals surface area (Å²) in [5.41, 5.74) is 0.120. The summed E-state index contributed by atoms with van der Waals surface area (Å²) in [7, 11) is 1.23. The van der Waals surface area contributed by atoms with E-state index in [1.165, 1.54) is 49.6 Å². The van der Waals surface area contributed by atoms with Crippen LogP contribution in [-0.4, -0.2) is 18.0 Å². The van der Waals surface area contributed by atoms with Crippen LogP contribution >= 0.6 is 0 Å². The molecule has 0 radical (unpaired) electrons. The van der Waals surface area contributed by atoms with Crippen LogP contribution in [-0.2, 0) is 9.53 Å². The van der Waals surface area contributed by atoms with Gasteiger partial charge in [0.25, 0.3) is 0 Å². The van der Waals surface area contributed by atoms with Gasteiger partial charge in [0.1, 0.15) is 11.6 Å². The van der Waals surface area contributed by atoms with E-state index in [2.05, 4.69) is 4.74 Å². The van der Waals surface area contributed by atoms with Gasteiger partial charge in [0.05, 0.1) is 12.0 Å². The normalized spacial score (nSPS) is 10.5. The van der Waals surface area contributed by atoms with E-state index >= 15 is 0 Å². The van der Waals surface area contributed by atoms with E-state index in [1.54, 1.807) is 0 Å². The number of esters is 1. The predicted octanol–water partition coefficient (Wildman–Crippen LogP) is 3.71. The second-order valence-corrected chi connectivity index (χ2v) is 4.40. The minimum atomic E-state index is -0.621. The smallest absolute Gasteiger partial charge is 0.330 e. The Hall–Kier alpha value is -3.22. The van der Waals surface area contributed by atoms with Crippen molar-refractivity contribution in [2.45, 2.75) is 0 Å². The van der Waals surface area contributed by atoms with E-state index in [0.717, 1.165) is 12.1 Å². The molecule has 7 heteroatoms. The standard InChI is InChI=1S/C16H12FNO5/c1-22-16(19)8-6-11-5-7-15(14(9-11)18(20)21)23-13-4-2-3-12(17)10-13/h2-10H,1H3/b8-6+. The number of nitro benzene ring substituents is 1. The van der Waals surface area contributed by atoms with E-state index in [0.29, 0.717) is 5.56 Å². The van der Waals surface area contributed by atoms with Crippen molar-refractivity contribution in [3.05, 3.63) is 70.0 Å². The van der Waals surface area contributed by atoms with Gasteiger partial charge in [-0.15, -0.1) is 0 Å². The molecule has 23 heavy (non-hydrogen) atoms. The summed E-state index contributed by atoms with van der Waals surface area (Å²) in [5, 5.41) is 11.2. The first-order valence-corrected chi connectivity index (χ1v) is 6.47. The summed E-state index contributed by atoms with van der Waals surface area (Å²) in [6.45, 7) is 0. The fourth-order valence-corrected chi connectivity index (χ4v) is 1.76. The molecule has 0 saturated carbocycles. The molecular weight excluding hydrogens is 305 g/mol. The van der Waals surface area contributed by atoms with Crippen molar-refractivity contribution in [1.82, 2.24) is 0 Å². The number of nitrogens with zero attached hydrogens (tertiary/aromatic N) is 1. The molecule has 2 rings (SSSR count). The van der Waals surface area contributed by atoms with Gasteiger partial charge in [0.15, 0.2) is 0 Å². The largest absolute Gasteiger partial charge is 0.466 e. The number of methoxy groups -OCH3 is 1. The number of nitro groups is 1. The maximum absolute atomic E-state index is 13.1. The van der Waals surface area contributed by atoms with Crippen LogP contribution in [0.1, 0.15) is 5.56 Å². The molecule has 0 aliphatic rings. The average Bonchev–Trinajstić information content (AvgIpc) is 2.53. The van der Waals surface area contributed by atoms with Gasteiger partial charge in [-0.1, -0.05) is 12.1 Å². The van der Waals surface area contributed by atoms with Crippen LogP contribution < -0.4 is 4.74 Å². The highest BCUT2D eigenvalue weighted by atomic mass is 19.1. The Morgan fingerprint density at radius 1 is 1.26 bits per heavy atom. The predicted molar refractivity (Wildman–Crippen MR) is 80.6 cm³/mol. The number of halogens is 1. The lowest BCUT2D eigenvalue weighted by atomic mass is 10.1. The molecule has 6 nitrogen and oxygen atoms in total. The van der Waals surface area contributed by atoms with Crippen LogP contribution in [0.25, 0.3) is 6.08 Å². The summed E-state index contributed by atoms with van der Waals surface area (Å²) in [5.74, 6) is -0.975. The molecule has 0 saturated heterocycles. The van der Waals surface area contributed by atoms with Crippen LogP contribution in [0.2, 0.25) is 0 Å². The van der Waals surface area contributed by atoms with Gasteiger partial charge in [-0.25, -0.2) is 9.18 Å². The van der Waals surface area contributed by atoms with Crippen LogP contribution in [0.3, 0.4) is 0 Å². The number of ether oxygens (including phenoxy) is 2. The molecule has 0 bridgehead atoms. The Kier molecular flexibility index (Phi) is 5.03. The minimum absolute atomic E-state index is 0.0316. The highest BCUT2D eigenvalue weighted by Gasteiger charge is 2.16. The summed E-state index contributed by atoms with van der Waals surface area (Å²) in [6, 6.07) is 9.42. The SMILES string of the molecule is COC(=O)/C=C/c1ccc(Oc2cccc(F)c2)c([N+](=O)[O-])c1. The first-order valence-electron chi connectivity index (χ1n) is 6.47. The Bertz CT molecular complexity index is 773. The topological polar surface area (TPSA) is 78.7 Å². The van der Waals surface area contributed by atoms with Crippen molar-refractivity contribution in [3.63, 3.8) is 0 Å². The average molecular weight is 317 g/mol. The molecule has 2 aromatic rings. The first kappa shape index (κ1) is 16.2. The molecule has 0 atom stereocenters. The van der Waals surface area contributed by atoms with Crippen molar-refractivity contribution in [2.24, 2.45) is 0 Å². The fraction of sp³-hybridized carbons (Fsp3) is 0.0625. The summed E-state index contributed by atoms with van der Waals surface area (Å²) >= 11 is 0. The lowest BCUT2D eigenvalue weighted by Gasteiger charge is -2.07. The Labute approximate surface area is 130 Å². The molecular formula is C16H12FNO5. The highest BCUT2D eigenvalue weighted by Crippen LogP contribution is 2.32. The number of benzene rings is 2. The molecule has 0 aliphatic heterocycles. The van der Waals surface area contributed by atoms with Crippen molar-refractivity contribution in [1.29, 1.82) is 0 Å². The monoisotopic (exact) mass is 317 g/mol. The van der Waals surface area contributed by atoms with E-state index in [4.69, 9.17) is 4.74 Å². The van der Waals surface area contributed by atoms with E-state index in [9.17, 15) is 19.3 Å². The maximum atomic E-state index is 13.1. The van der Waals surface area contributed by atoms with Crippen LogP contribution in [0.15, 0.2) is 48.5 Å². The van der Waals surface area contributed by atoms with Crippen LogP contribution in [0.4, 0.5) is 10.1 Å². The fourth-order valence-electron chi connectivity index (χ4n) is 1.76. The molecule has 2 aromatic carbocycles. The molecule has 0 aliphatic carbocycles. The van der Waals surface area contributed by atoms with Gasteiger partial charge >= 0.3 is 11.7 Å². The highest BCUT2D eigenvalue weighted by molar-refractivity contribution is 5.87. The third-order valence-corrected chi connectivity index (χ3v) is 2.82. The maximum Gasteiger partial charge on any atom is 0.330 e. The van der Waals surface area contributed by atoms with Crippen LogP contribution in [0.5, 0.6) is 11.5 Å². The molecule has 0 spiro atoms. The lowest BCUT2D eigenvalue weighted by molar-refractivity contribution is -0.385. The van der Waals surface area contributed by atoms with Crippen molar-refractivity contribution in [2.75, 3.05) is 7.11 Å². The number of hydrogen-bond acceptors (Lipinski definition) is 5. The van der Waals surface area contributed by atoms with Crippen LogP contribution in [0, 0.1) is 15.9 Å². The van der Waals surface area contributed by atoms with Crippen molar-refractivity contribution >= 4 is 17.7 Å². The number of carbonyl (C=O) groups excluding carboxylic acids is 1. The third-order valence-electron chi connectivity index (χ3n) is 2.82. The molecule has 0 fully saturated rings. The quantitative estimate of drug-likeness (QED) is 0.363. The third kappa shape index (κ3) is 4.37. The molecule has 0 aromatic heterocycles. The molecule has 0 amide bonds. The Morgan fingerprint density at radius 2 is 2.04 bits per heavy atom. The molecule has 0 heterocycles. The number of hydrogen-bond donors (Lipinski definition) is 0. The Balaban J connectivity index is 2.31. The molecule has 0 N–H and O–H groups in total. The van der Waals surface area contributed by atoms with Gasteiger partial charge in [0.2, 0.25) is 5.75 Å². The van der Waals surface area contributed by atoms with Gasteiger partial charge in [0, 0.05) is 18.2 Å². The second kappa shape index (κ2) is 7.17. The summed E-state index contributed by atoms with van der Waals surface area (Å²) in [4.78, 5) is 21.6. The zero-order chi connectivity index (χ0) is 16.8. The zero-order valence-corrected chi connectivity index (χ0v) is 12.1. The van der Waals surface area contributed by atoms with Crippen molar-refractivity contribution in [3.8, 4) is 11.5 Å². The van der Waals surface area contributed by atoms with Gasteiger partial charge < -0.3 is 9.47 Å². The first-order chi connectivity index (χ1) is 11.0.